The minimum atomic E-state index is -1.12. The van der Waals surface area contributed by atoms with Crippen molar-refractivity contribution in [2.75, 3.05) is 0 Å². The molecule has 0 radical (unpaired) electrons. The summed E-state index contributed by atoms with van der Waals surface area (Å²) < 4.78 is 3.02. The van der Waals surface area contributed by atoms with Gasteiger partial charge in [0, 0.05) is 0 Å². The van der Waals surface area contributed by atoms with E-state index in [0.29, 0.717) is 0 Å². The largest absolute Gasteiger partial charge is 1.00 e. The zero-order valence-electron chi connectivity index (χ0n) is 14.7. The fraction of sp³-hybridized carbons (Fsp3) is 0.600. The Bertz CT molecular complexity index is 613. The maximum atomic E-state index is 2.63. The van der Waals surface area contributed by atoms with Crippen molar-refractivity contribution >= 4 is 6.19 Å². The van der Waals surface area contributed by atoms with E-state index in [2.05, 4.69) is 55.6 Å². The Balaban J connectivity index is 0.00000104. The van der Waals surface area contributed by atoms with Crippen LogP contribution in [-0.2, 0) is 16.6 Å². The van der Waals surface area contributed by atoms with E-state index in [1.54, 1.807) is 0 Å². The van der Waals surface area contributed by atoms with E-state index in [0.717, 1.165) is 27.9 Å². The van der Waals surface area contributed by atoms with Gasteiger partial charge in [0.15, 0.2) is 0 Å². The molecule has 0 aromatic heterocycles. The fourth-order valence-corrected chi connectivity index (χ4v) is 19.7. The molecule has 0 aliphatic heterocycles. The second-order valence-corrected chi connectivity index (χ2v) is 20.0. The van der Waals surface area contributed by atoms with Gasteiger partial charge in [0.25, 0.3) is 0 Å². The summed E-state index contributed by atoms with van der Waals surface area (Å²) >= 11 is -1.12. The molecule has 2 fully saturated rings. The Hall–Kier alpha value is 0.471. The van der Waals surface area contributed by atoms with Crippen LogP contribution in [0.4, 0.5) is 0 Å². The summed E-state index contributed by atoms with van der Waals surface area (Å²) in [4.78, 5) is 0. The van der Waals surface area contributed by atoms with Crippen LogP contribution in [0.5, 0.6) is 0 Å². The van der Waals surface area contributed by atoms with Crippen molar-refractivity contribution in [1.82, 2.24) is 0 Å². The zero-order chi connectivity index (χ0) is 15.1. The van der Waals surface area contributed by atoms with Crippen molar-refractivity contribution in [2.45, 2.75) is 49.4 Å². The van der Waals surface area contributed by atoms with Gasteiger partial charge < -0.3 is 24.8 Å². The molecular formula is C20H28Cl2SiTi. The Morgan fingerprint density at radius 2 is 1.58 bits per heavy atom. The third-order valence-corrected chi connectivity index (χ3v) is 19.2. The second kappa shape index (κ2) is 8.91. The number of hydrogen-bond acceptors (Lipinski definition) is 0. The van der Waals surface area contributed by atoms with E-state index >= 15 is 0 Å². The monoisotopic (exact) mass is 414 g/mol. The van der Waals surface area contributed by atoms with Crippen molar-refractivity contribution < 1.29 is 41.4 Å². The number of hydrogen-bond donors (Lipinski definition) is 0. The van der Waals surface area contributed by atoms with Crippen LogP contribution in [0.15, 0.2) is 46.4 Å². The summed E-state index contributed by atoms with van der Waals surface area (Å²) in [6, 6.07) is 0. The molecule has 0 N–H and O–H groups in total. The number of allylic oxidation sites excluding steroid dienone is 8. The van der Waals surface area contributed by atoms with Crippen LogP contribution >= 0.6 is 0 Å². The van der Waals surface area contributed by atoms with Gasteiger partial charge >= 0.3 is 142 Å². The molecule has 0 aromatic carbocycles. The van der Waals surface area contributed by atoms with Gasteiger partial charge in [-0.2, -0.15) is 0 Å². The molecule has 5 unspecified atom stereocenters. The van der Waals surface area contributed by atoms with Crippen molar-refractivity contribution in [2.24, 2.45) is 23.7 Å². The summed E-state index contributed by atoms with van der Waals surface area (Å²) in [6.45, 7) is 5.26. The number of fused-ring (bicyclic) bond motifs is 3. The van der Waals surface area contributed by atoms with Crippen LogP contribution < -0.4 is 24.8 Å². The standard InChI is InChI=1S/C13H17.C5H5.C2H6Si.2ClH.Ti/c1-3-7-12-10(5-1)9-11-6-2-4-8-13(11)12;1-2-4-5-3-1;1-3-2;;;/h1,3,5,7,9-13H,2,4,6,8H2;1-3H,4H2;1-2H3;2*1H;/q;;;;;+2/p-2. The first-order valence-electron chi connectivity index (χ1n) is 9.16. The summed E-state index contributed by atoms with van der Waals surface area (Å²) in [7, 11) is 0. The molecule has 24 heavy (non-hydrogen) atoms. The predicted octanol–water partition coefficient (Wildman–Crippen LogP) is -0.326. The van der Waals surface area contributed by atoms with E-state index < -0.39 is 16.6 Å². The van der Waals surface area contributed by atoms with E-state index in [9.17, 15) is 0 Å². The Morgan fingerprint density at radius 3 is 2.21 bits per heavy atom. The van der Waals surface area contributed by atoms with Gasteiger partial charge in [0.2, 0.25) is 0 Å². The molecule has 0 bridgehead atoms. The molecular weight excluding hydrogens is 387 g/mol. The normalized spacial score (nSPS) is 35.0. The van der Waals surface area contributed by atoms with Crippen LogP contribution in [0.2, 0.25) is 17.3 Å². The van der Waals surface area contributed by atoms with Crippen LogP contribution in [0.1, 0.15) is 32.1 Å². The van der Waals surface area contributed by atoms with Gasteiger partial charge in [-0.25, -0.2) is 0 Å². The first-order chi connectivity index (χ1) is 10.8. The molecule has 4 rings (SSSR count). The third kappa shape index (κ3) is 3.62. The summed E-state index contributed by atoms with van der Waals surface area (Å²) in [5, 5.41) is 0. The van der Waals surface area contributed by atoms with E-state index in [4.69, 9.17) is 0 Å². The Kier molecular flexibility index (Phi) is 7.71. The van der Waals surface area contributed by atoms with Crippen LogP contribution in [0, 0.1) is 23.7 Å². The molecule has 0 amide bonds. The average molecular weight is 415 g/mol. The molecule has 0 saturated heterocycles. The van der Waals surface area contributed by atoms with E-state index in [1.807, 2.05) is 3.88 Å². The molecule has 130 valence electrons. The van der Waals surface area contributed by atoms with Gasteiger partial charge in [-0.05, 0) is 0 Å². The molecule has 2 saturated carbocycles. The van der Waals surface area contributed by atoms with Crippen LogP contribution in [0.3, 0.4) is 0 Å². The maximum Gasteiger partial charge on any atom is -1.00 e. The minimum Gasteiger partial charge on any atom is -1.00 e. The van der Waals surface area contributed by atoms with Gasteiger partial charge in [-0.3, -0.25) is 0 Å². The Labute approximate surface area is 166 Å². The molecule has 4 aliphatic rings. The van der Waals surface area contributed by atoms with Gasteiger partial charge in [-0.1, -0.05) is 0 Å². The summed E-state index contributed by atoms with van der Waals surface area (Å²) in [6.07, 6.45) is 24.4. The van der Waals surface area contributed by atoms with E-state index in [1.165, 1.54) is 32.1 Å². The van der Waals surface area contributed by atoms with Crippen molar-refractivity contribution in [3.63, 3.8) is 0 Å². The minimum absolute atomic E-state index is 0. The van der Waals surface area contributed by atoms with E-state index in [-0.39, 0.29) is 31.0 Å². The smallest absolute Gasteiger partial charge is 1.00 e. The topological polar surface area (TPSA) is 0 Å². The molecule has 0 aromatic rings. The summed E-state index contributed by atoms with van der Waals surface area (Å²) in [5.41, 5.74) is 0. The van der Waals surface area contributed by atoms with Crippen LogP contribution in [0.25, 0.3) is 0 Å². The van der Waals surface area contributed by atoms with Crippen molar-refractivity contribution in [1.29, 1.82) is 0 Å². The number of halogens is 2. The number of rotatable bonds is 2. The maximum absolute atomic E-state index is 2.63. The van der Waals surface area contributed by atoms with Gasteiger partial charge in [0.1, 0.15) is 0 Å². The fourth-order valence-electron chi connectivity index (χ4n) is 5.75. The third-order valence-electron chi connectivity index (χ3n) is 6.46. The first kappa shape index (κ1) is 20.8. The predicted molar refractivity (Wildman–Crippen MR) is 93.8 cm³/mol. The van der Waals surface area contributed by atoms with Crippen molar-refractivity contribution in [3.8, 4) is 0 Å². The molecule has 0 spiro atoms. The molecule has 4 heteroatoms. The second-order valence-electron chi connectivity index (χ2n) is 7.80. The van der Waals surface area contributed by atoms with Crippen molar-refractivity contribution in [3.05, 3.63) is 46.4 Å². The summed E-state index contributed by atoms with van der Waals surface area (Å²) in [5.74, 6) is 3.87. The average Bonchev–Trinajstić information content (AvgIpc) is 3.16. The SMILES string of the molecule is C[Si](C)=[Ti+2]([C]1=CC=CC1)[CH]1C2C=CC=CC2C2CCCCC21.[Cl-].[Cl-]. The molecule has 4 aliphatic carbocycles. The molecule has 0 heterocycles. The quantitative estimate of drug-likeness (QED) is 0.543. The van der Waals surface area contributed by atoms with Gasteiger partial charge in [0.05, 0.1) is 0 Å². The molecule has 5 atom stereocenters. The van der Waals surface area contributed by atoms with Crippen LogP contribution in [-0.4, -0.2) is 6.19 Å². The zero-order valence-corrected chi connectivity index (χ0v) is 18.8. The van der Waals surface area contributed by atoms with Gasteiger partial charge in [-0.15, -0.1) is 0 Å². The first-order valence-corrected chi connectivity index (χ1v) is 15.7. The molecule has 0 nitrogen and oxygen atoms in total. The Morgan fingerprint density at radius 1 is 0.917 bits per heavy atom.